The first-order chi connectivity index (χ1) is 8.76. The van der Waals surface area contributed by atoms with Crippen LogP contribution in [0, 0.1) is 0 Å². The van der Waals surface area contributed by atoms with E-state index in [0.29, 0.717) is 6.04 Å². The van der Waals surface area contributed by atoms with Crippen LogP contribution in [0.4, 0.5) is 5.69 Å². The summed E-state index contributed by atoms with van der Waals surface area (Å²) in [6.45, 7) is 3.49. The van der Waals surface area contributed by atoms with Crippen LogP contribution in [0.5, 0.6) is 0 Å². The topological polar surface area (TPSA) is 23.5 Å². The molecule has 0 aliphatic carbocycles. The predicted octanol–water partition coefficient (Wildman–Crippen LogP) is 4.10. The Morgan fingerprint density at radius 2 is 2.22 bits per heavy atom. The Morgan fingerprint density at radius 3 is 2.94 bits per heavy atom. The molecule has 0 radical (unpaired) electrons. The maximum absolute atomic E-state index is 9.54. The number of rotatable bonds is 4. The maximum Gasteiger partial charge on any atom is 0.0702 e. The zero-order valence-electron chi connectivity index (χ0n) is 11.0. The van der Waals surface area contributed by atoms with Crippen molar-refractivity contribution >= 4 is 21.6 Å². The molecule has 1 fully saturated rings. The van der Waals surface area contributed by atoms with E-state index in [-0.39, 0.29) is 6.61 Å². The first kappa shape index (κ1) is 13.9. The smallest absolute Gasteiger partial charge is 0.0702 e. The van der Waals surface area contributed by atoms with Gasteiger partial charge in [-0.25, -0.2) is 0 Å². The molecule has 0 amide bonds. The number of halogens is 1. The molecule has 0 spiro atoms. The second-order valence-corrected chi connectivity index (χ2v) is 5.98. The molecule has 1 unspecified atom stereocenters. The van der Waals surface area contributed by atoms with Crippen molar-refractivity contribution in [2.45, 2.75) is 51.7 Å². The van der Waals surface area contributed by atoms with Crippen molar-refractivity contribution < 1.29 is 5.11 Å². The van der Waals surface area contributed by atoms with Gasteiger partial charge in [0.15, 0.2) is 0 Å². The zero-order valence-corrected chi connectivity index (χ0v) is 12.6. The van der Waals surface area contributed by atoms with Crippen LogP contribution in [0.2, 0.25) is 0 Å². The van der Waals surface area contributed by atoms with Crippen molar-refractivity contribution in [3.05, 3.63) is 28.2 Å². The van der Waals surface area contributed by atoms with Crippen molar-refractivity contribution in [3.63, 3.8) is 0 Å². The Balaban J connectivity index is 2.27. The molecular formula is C15H22BrNO. The third kappa shape index (κ3) is 3.07. The van der Waals surface area contributed by atoms with Crippen LogP contribution in [0.25, 0.3) is 0 Å². The molecule has 1 heterocycles. The SMILES string of the molecule is CCCC1CCCCN1c1ccc(Br)cc1CO. The molecule has 2 nitrogen and oxygen atoms in total. The van der Waals surface area contributed by atoms with E-state index in [4.69, 9.17) is 0 Å². The number of nitrogens with zero attached hydrogens (tertiary/aromatic N) is 1. The van der Waals surface area contributed by atoms with Crippen LogP contribution < -0.4 is 4.90 Å². The van der Waals surface area contributed by atoms with Gasteiger partial charge < -0.3 is 10.0 Å². The van der Waals surface area contributed by atoms with Gasteiger partial charge in [0.1, 0.15) is 0 Å². The molecule has 18 heavy (non-hydrogen) atoms. The Morgan fingerprint density at radius 1 is 1.39 bits per heavy atom. The highest BCUT2D eigenvalue weighted by atomic mass is 79.9. The van der Waals surface area contributed by atoms with E-state index < -0.39 is 0 Å². The van der Waals surface area contributed by atoms with Crippen LogP contribution in [0.3, 0.4) is 0 Å². The molecule has 1 saturated heterocycles. The van der Waals surface area contributed by atoms with E-state index in [9.17, 15) is 5.11 Å². The van der Waals surface area contributed by atoms with Crippen molar-refractivity contribution in [2.24, 2.45) is 0 Å². The standard InChI is InChI=1S/C15H22BrNO/c1-2-5-14-6-3-4-9-17(14)15-8-7-13(16)10-12(15)11-18/h7-8,10,14,18H,2-6,9,11H2,1H3. The Hall–Kier alpha value is -0.540. The number of hydrogen-bond donors (Lipinski definition) is 1. The summed E-state index contributed by atoms with van der Waals surface area (Å²) < 4.78 is 1.04. The summed E-state index contributed by atoms with van der Waals surface area (Å²) in [4.78, 5) is 2.50. The molecule has 100 valence electrons. The summed E-state index contributed by atoms with van der Waals surface area (Å²) in [5.41, 5.74) is 2.26. The number of anilines is 1. The summed E-state index contributed by atoms with van der Waals surface area (Å²) in [7, 11) is 0. The van der Waals surface area contributed by atoms with Gasteiger partial charge in [-0.3, -0.25) is 0 Å². The quantitative estimate of drug-likeness (QED) is 0.905. The summed E-state index contributed by atoms with van der Waals surface area (Å²) in [5, 5.41) is 9.54. The molecule has 0 bridgehead atoms. The first-order valence-electron chi connectivity index (χ1n) is 6.92. The second kappa shape index (κ2) is 6.58. The molecular weight excluding hydrogens is 290 g/mol. The van der Waals surface area contributed by atoms with E-state index in [0.717, 1.165) is 16.6 Å². The fourth-order valence-corrected chi connectivity index (χ4v) is 3.32. The van der Waals surface area contributed by atoms with Gasteiger partial charge in [-0.15, -0.1) is 0 Å². The Labute approximate surface area is 118 Å². The summed E-state index contributed by atoms with van der Waals surface area (Å²) in [6.07, 6.45) is 6.37. The average Bonchev–Trinajstić information content (AvgIpc) is 2.40. The predicted molar refractivity (Wildman–Crippen MR) is 80.0 cm³/mol. The molecule has 0 aromatic heterocycles. The minimum Gasteiger partial charge on any atom is -0.392 e. The highest BCUT2D eigenvalue weighted by molar-refractivity contribution is 9.10. The van der Waals surface area contributed by atoms with Gasteiger partial charge in [-0.2, -0.15) is 0 Å². The molecule has 1 aliphatic rings. The molecule has 3 heteroatoms. The molecule has 1 N–H and O–H groups in total. The van der Waals surface area contributed by atoms with Crippen molar-refractivity contribution in [1.82, 2.24) is 0 Å². The van der Waals surface area contributed by atoms with E-state index in [2.05, 4.69) is 39.9 Å². The highest BCUT2D eigenvalue weighted by Gasteiger charge is 2.23. The van der Waals surface area contributed by atoms with Crippen molar-refractivity contribution in [1.29, 1.82) is 0 Å². The maximum atomic E-state index is 9.54. The summed E-state index contributed by atoms with van der Waals surface area (Å²) in [6, 6.07) is 6.90. The minimum atomic E-state index is 0.115. The monoisotopic (exact) mass is 311 g/mol. The summed E-state index contributed by atoms with van der Waals surface area (Å²) >= 11 is 3.48. The van der Waals surface area contributed by atoms with E-state index >= 15 is 0 Å². The normalized spacial score (nSPS) is 20.2. The van der Waals surface area contributed by atoms with Gasteiger partial charge in [-0.05, 0) is 43.9 Å². The van der Waals surface area contributed by atoms with E-state index in [1.54, 1.807) is 0 Å². The molecule has 0 saturated carbocycles. The van der Waals surface area contributed by atoms with Gasteiger partial charge in [0, 0.05) is 28.3 Å². The van der Waals surface area contributed by atoms with Crippen LogP contribution in [-0.2, 0) is 6.61 Å². The fraction of sp³-hybridized carbons (Fsp3) is 0.600. The largest absolute Gasteiger partial charge is 0.392 e. The van der Waals surface area contributed by atoms with E-state index in [1.165, 1.54) is 37.8 Å². The number of benzene rings is 1. The highest BCUT2D eigenvalue weighted by Crippen LogP contribution is 2.31. The first-order valence-corrected chi connectivity index (χ1v) is 7.71. The van der Waals surface area contributed by atoms with Gasteiger partial charge in [0.05, 0.1) is 6.61 Å². The molecule has 1 atom stereocenters. The Bertz CT molecular complexity index is 392. The lowest BCUT2D eigenvalue weighted by Crippen LogP contribution is -2.40. The van der Waals surface area contributed by atoms with E-state index in [1.807, 2.05) is 6.07 Å². The molecule has 1 aromatic rings. The molecule has 1 aliphatic heterocycles. The lowest BCUT2D eigenvalue weighted by atomic mass is 9.96. The minimum absolute atomic E-state index is 0.115. The number of hydrogen-bond acceptors (Lipinski definition) is 2. The van der Waals surface area contributed by atoms with Gasteiger partial charge in [-0.1, -0.05) is 29.3 Å². The lowest BCUT2D eigenvalue weighted by molar-refractivity contribution is 0.281. The van der Waals surface area contributed by atoms with Crippen molar-refractivity contribution in [2.75, 3.05) is 11.4 Å². The van der Waals surface area contributed by atoms with Crippen LogP contribution in [-0.4, -0.2) is 17.7 Å². The number of piperidine rings is 1. The number of aliphatic hydroxyl groups is 1. The number of aliphatic hydroxyl groups excluding tert-OH is 1. The van der Waals surface area contributed by atoms with Crippen LogP contribution in [0.1, 0.15) is 44.6 Å². The Kier molecular flexibility index (Phi) is 5.07. The van der Waals surface area contributed by atoms with Crippen molar-refractivity contribution in [3.8, 4) is 0 Å². The lowest BCUT2D eigenvalue weighted by Gasteiger charge is -2.38. The summed E-state index contributed by atoms with van der Waals surface area (Å²) in [5.74, 6) is 0. The van der Waals surface area contributed by atoms with Gasteiger partial charge in [0.25, 0.3) is 0 Å². The third-order valence-corrected chi connectivity index (χ3v) is 4.26. The fourth-order valence-electron chi connectivity index (χ4n) is 2.91. The molecule has 2 rings (SSSR count). The second-order valence-electron chi connectivity index (χ2n) is 5.06. The van der Waals surface area contributed by atoms with Crippen LogP contribution >= 0.6 is 15.9 Å². The molecule has 1 aromatic carbocycles. The van der Waals surface area contributed by atoms with Crippen LogP contribution in [0.15, 0.2) is 22.7 Å². The third-order valence-electron chi connectivity index (χ3n) is 3.77. The van der Waals surface area contributed by atoms with Gasteiger partial charge >= 0.3 is 0 Å². The average molecular weight is 312 g/mol. The van der Waals surface area contributed by atoms with Gasteiger partial charge in [0.2, 0.25) is 0 Å². The zero-order chi connectivity index (χ0) is 13.0.